The van der Waals surface area contributed by atoms with Crippen LogP contribution < -0.4 is 5.73 Å². The molecule has 0 aliphatic heterocycles. The number of benzene rings is 1. The number of nitrogens with two attached hydrogens (primary N) is 1. The highest BCUT2D eigenvalue weighted by molar-refractivity contribution is 6.04. The number of nitrogen functional groups attached to an aromatic ring is 1. The van der Waals surface area contributed by atoms with E-state index in [2.05, 4.69) is 11.2 Å². The highest BCUT2D eigenvalue weighted by Crippen LogP contribution is 2.32. The topological polar surface area (TPSA) is 84.2 Å². The zero-order valence-corrected chi connectivity index (χ0v) is 15.4. The van der Waals surface area contributed by atoms with Crippen molar-refractivity contribution in [3.05, 3.63) is 53.0 Å². The Morgan fingerprint density at radius 2 is 1.96 bits per heavy atom. The number of carbonyl (C=O) groups is 1. The third kappa shape index (κ3) is 3.28. The number of nitriles is 1. The van der Waals surface area contributed by atoms with Gasteiger partial charge in [-0.05, 0) is 36.6 Å². The molecule has 138 valence electrons. The second-order valence-electron chi connectivity index (χ2n) is 6.48. The van der Waals surface area contributed by atoms with Gasteiger partial charge in [-0.3, -0.25) is 4.79 Å². The zero-order chi connectivity index (χ0) is 19.6. The SMILES string of the molecule is CCCC(=O)c1c(CCC)nn2c(N)c(C#N)c(-c3ccc(F)cc3)cc12. The predicted molar refractivity (Wildman–Crippen MR) is 103 cm³/mol. The van der Waals surface area contributed by atoms with Crippen LogP contribution in [-0.4, -0.2) is 15.4 Å². The fourth-order valence-corrected chi connectivity index (χ4v) is 3.29. The quantitative estimate of drug-likeness (QED) is 0.651. The molecule has 0 unspecified atom stereocenters. The van der Waals surface area contributed by atoms with E-state index < -0.39 is 0 Å². The number of carbonyl (C=O) groups excluding carboxylic acids is 1. The molecule has 27 heavy (non-hydrogen) atoms. The molecule has 0 radical (unpaired) electrons. The van der Waals surface area contributed by atoms with Gasteiger partial charge in [-0.15, -0.1) is 0 Å². The van der Waals surface area contributed by atoms with Gasteiger partial charge in [-0.1, -0.05) is 32.4 Å². The maximum Gasteiger partial charge on any atom is 0.166 e. The Hall–Kier alpha value is -3.20. The van der Waals surface area contributed by atoms with Crippen LogP contribution in [0, 0.1) is 17.1 Å². The average Bonchev–Trinajstić information content (AvgIpc) is 3.01. The molecule has 3 rings (SSSR count). The number of halogens is 1. The third-order valence-corrected chi connectivity index (χ3v) is 4.54. The van der Waals surface area contributed by atoms with Crippen molar-refractivity contribution in [1.82, 2.24) is 9.61 Å². The molecule has 1 aromatic carbocycles. The van der Waals surface area contributed by atoms with Gasteiger partial charge in [-0.2, -0.15) is 10.4 Å². The van der Waals surface area contributed by atoms with Crippen LogP contribution >= 0.6 is 0 Å². The van der Waals surface area contributed by atoms with Crippen molar-refractivity contribution in [2.24, 2.45) is 0 Å². The molecule has 0 amide bonds. The zero-order valence-electron chi connectivity index (χ0n) is 15.4. The Kier molecular flexibility index (Phi) is 5.22. The van der Waals surface area contributed by atoms with Gasteiger partial charge < -0.3 is 5.73 Å². The van der Waals surface area contributed by atoms with Gasteiger partial charge in [-0.25, -0.2) is 8.91 Å². The van der Waals surface area contributed by atoms with Crippen molar-refractivity contribution in [2.45, 2.75) is 39.5 Å². The molecule has 0 saturated carbocycles. The molecular formula is C21H21FN4O. The lowest BCUT2D eigenvalue weighted by Crippen LogP contribution is -2.05. The van der Waals surface area contributed by atoms with E-state index in [0.717, 1.165) is 12.8 Å². The van der Waals surface area contributed by atoms with Gasteiger partial charge in [0.15, 0.2) is 5.78 Å². The Labute approximate surface area is 157 Å². The number of ketones is 1. The Bertz CT molecular complexity index is 1040. The number of Topliss-reactive ketones (excluding diaryl/α,β-unsaturated/α-hetero) is 1. The number of anilines is 1. The molecule has 2 N–H and O–H groups in total. The van der Waals surface area contributed by atoms with Crippen molar-refractivity contribution >= 4 is 17.1 Å². The van der Waals surface area contributed by atoms with Gasteiger partial charge >= 0.3 is 0 Å². The Balaban J connectivity index is 2.35. The van der Waals surface area contributed by atoms with E-state index in [1.54, 1.807) is 18.2 Å². The van der Waals surface area contributed by atoms with Crippen LogP contribution in [0.25, 0.3) is 16.6 Å². The molecular weight excluding hydrogens is 343 g/mol. The summed E-state index contributed by atoms with van der Waals surface area (Å²) < 4.78 is 14.8. The highest BCUT2D eigenvalue weighted by Gasteiger charge is 2.23. The van der Waals surface area contributed by atoms with Crippen LogP contribution in [0.1, 0.15) is 54.7 Å². The molecule has 6 heteroatoms. The number of fused-ring (bicyclic) bond motifs is 1. The number of aryl methyl sites for hydroxylation is 1. The first-order valence-electron chi connectivity index (χ1n) is 9.05. The molecule has 0 aliphatic rings. The summed E-state index contributed by atoms with van der Waals surface area (Å²) in [5.74, 6) is -0.160. The predicted octanol–water partition coefficient (Wildman–Crippen LogP) is 4.53. The van der Waals surface area contributed by atoms with E-state index in [1.165, 1.54) is 16.6 Å². The van der Waals surface area contributed by atoms with Crippen LogP contribution in [0.2, 0.25) is 0 Å². The van der Waals surface area contributed by atoms with E-state index in [9.17, 15) is 14.4 Å². The lowest BCUT2D eigenvalue weighted by atomic mass is 9.97. The second-order valence-corrected chi connectivity index (χ2v) is 6.48. The second kappa shape index (κ2) is 7.58. The van der Waals surface area contributed by atoms with E-state index in [0.29, 0.717) is 40.7 Å². The van der Waals surface area contributed by atoms with Gasteiger partial charge in [0.25, 0.3) is 0 Å². The molecule has 2 heterocycles. The number of hydrogen-bond donors (Lipinski definition) is 1. The molecule has 0 aliphatic carbocycles. The first-order valence-corrected chi connectivity index (χ1v) is 9.05. The summed E-state index contributed by atoms with van der Waals surface area (Å²) in [5, 5.41) is 14.2. The fraction of sp³-hybridized carbons (Fsp3) is 0.286. The van der Waals surface area contributed by atoms with Gasteiger partial charge in [0, 0.05) is 12.0 Å². The molecule has 0 spiro atoms. The lowest BCUT2D eigenvalue weighted by Gasteiger charge is -2.10. The van der Waals surface area contributed by atoms with Crippen LogP contribution in [-0.2, 0) is 6.42 Å². The monoisotopic (exact) mass is 364 g/mol. The van der Waals surface area contributed by atoms with Crippen LogP contribution in [0.15, 0.2) is 30.3 Å². The smallest absolute Gasteiger partial charge is 0.166 e. The first kappa shape index (κ1) is 18.6. The number of pyridine rings is 1. The standard InChI is InChI=1S/C21H21FN4O/c1-3-5-17-20(19(27)6-4-2)18-11-15(13-7-9-14(22)10-8-13)16(12-23)21(24)26(18)25-17/h7-11H,3-6,24H2,1-2H3. The van der Waals surface area contributed by atoms with Gasteiger partial charge in [0.2, 0.25) is 0 Å². The Morgan fingerprint density at radius 1 is 1.26 bits per heavy atom. The number of aromatic nitrogens is 2. The van der Waals surface area contributed by atoms with Crippen LogP contribution in [0.3, 0.4) is 0 Å². The van der Waals surface area contributed by atoms with Crippen LogP contribution in [0.4, 0.5) is 10.2 Å². The van der Waals surface area contributed by atoms with E-state index in [1.807, 2.05) is 13.8 Å². The van der Waals surface area contributed by atoms with E-state index >= 15 is 0 Å². The first-order chi connectivity index (χ1) is 13.0. The van der Waals surface area contributed by atoms with Gasteiger partial charge in [0.1, 0.15) is 23.3 Å². The fourth-order valence-electron chi connectivity index (χ4n) is 3.29. The van der Waals surface area contributed by atoms with E-state index in [-0.39, 0.29) is 23.0 Å². The molecule has 0 bridgehead atoms. The summed E-state index contributed by atoms with van der Waals surface area (Å²) in [5.41, 5.74) is 9.58. The summed E-state index contributed by atoms with van der Waals surface area (Å²) in [6.45, 7) is 3.97. The molecule has 3 aromatic rings. The van der Waals surface area contributed by atoms with Crippen molar-refractivity contribution in [3.63, 3.8) is 0 Å². The van der Waals surface area contributed by atoms with Crippen molar-refractivity contribution < 1.29 is 9.18 Å². The normalized spacial score (nSPS) is 10.9. The minimum absolute atomic E-state index is 0.0186. The molecule has 0 fully saturated rings. The van der Waals surface area contributed by atoms with Crippen molar-refractivity contribution in [3.8, 4) is 17.2 Å². The number of rotatable bonds is 6. The van der Waals surface area contributed by atoms with E-state index in [4.69, 9.17) is 5.73 Å². The van der Waals surface area contributed by atoms with Crippen molar-refractivity contribution in [1.29, 1.82) is 5.26 Å². The molecule has 0 saturated heterocycles. The lowest BCUT2D eigenvalue weighted by molar-refractivity contribution is 0.0982. The summed E-state index contributed by atoms with van der Waals surface area (Å²) in [6.07, 6.45) is 2.65. The molecule has 0 atom stereocenters. The minimum Gasteiger partial charge on any atom is -0.383 e. The number of nitrogens with zero attached hydrogens (tertiary/aromatic N) is 3. The van der Waals surface area contributed by atoms with Gasteiger partial charge in [0.05, 0.1) is 16.8 Å². The van der Waals surface area contributed by atoms with Crippen molar-refractivity contribution in [2.75, 3.05) is 5.73 Å². The summed E-state index contributed by atoms with van der Waals surface area (Å²) >= 11 is 0. The molecule has 2 aromatic heterocycles. The minimum atomic E-state index is -0.361. The maximum absolute atomic E-state index is 13.3. The summed E-state index contributed by atoms with van der Waals surface area (Å²) in [6, 6.07) is 9.74. The molecule has 5 nitrogen and oxygen atoms in total. The Morgan fingerprint density at radius 3 is 2.56 bits per heavy atom. The highest BCUT2D eigenvalue weighted by atomic mass is 19.1. The average molecular weight is 364 g/mol. The summed E-state index contributed by atoms with van der Waals surface area (Å²) in [7, 11) is 0. The maximum atomic E-state index is 13.3. The van der Waals surface area contributed by atoms with Crippen LogP contribution in [0.5, 0.6) is 0 Å². The summed E-state index contributed by atoms with van der Waals surface area (Å²) in [4.78, 5) is 12.8. The largest absolute Gasteiger partial charge is 0.383 e. The third-order valence-electron chi connectivity index (χ3n) is 4.54. The number of hydrogen-bond acceptors (Lipinski definition) is 4.